The van der Waals surface area contributed by atoms with Gasteiger partial charge in [-0.25, -0.2) is 0 Å². The molecule has 2 rings (SSSR count). The fourth-order valence-corrected chi connectivity index (χ4v) is 2.82. The summed E-state index contributed by atoms with van der Waals surface area (Å²) in [6.07, 6.45) is 1.06. The summed E-state index contributed by atoms with van der Waals surface area (Å²) in [5, 5.41) is 0. The Hall–Kier alpha value is -0.620. The van der Waals surface area contributed by atoms with E-state index in [2.05, 4.69) is 47.5 Å². The lowest BCUT2D eigenvalue weighted by molar-refractivity contribution is 0.0761. The van der Waals surface area contributed by atoms with Crippen molar-refractivity contribution in [1.82, 2.24) is 9.80 Å². The van der Waals surface area contributed by atoms with Crippen LogP contribution in [0.3, 0.4) is 0 Å². The van der Waals surface area contributed by atoms with Crippen molar-refractivity contribution in [2.75, 3.05) is 33.2 Å². The SMILES string of the molecule is Cc1cccc(C(=O)N2CCCN(C)CC2)c1I. The van der Waals surface area contributed by atoms with Gasteiger partial charge < -0.3 is 9.80 Å². The molecule has 0 aromatic heterocycles. The Kier molecular flexibility index (Phi) is 4.61. The Bertz CT molecular complexity index is 447. The maximum Gasteiger partial charge on any atom is 0.254 e. The molecule has 0 aliphatic carbocycles. The molecule has 18 heavy (non-hydrogen) atoms. The highest BCUT2D eigenvalue weighted by Crippen LogP contribution is 2.19. The third-order valence-electron chi connectivity index (χ3n) is 3.43. The van der Waals surface area contributed by atoms with Gasteiger partial charge in [-0.1, -0.05) is 12.1 Å². The summed E-state index contributed by atoms with van der Waals surface area (Å²) in [5.41, 5.74) is 2.02. The van der Waals surface area contributed by atoms with E-state index in [9.17, 15) is 4.79 Å². The molecule has 0 spiro atoms. The smallest absolute Gasteiger partial charge is 0.254 e. The quantitative estimate of drug-likeness (QED) is 0.720. The molecule has 0 unspecified atom stereocenters. The summed E-state index contributed by atoms with van der Waals surface area (Å²) in [7, 11) is 2.12. The number of carbonyl (C=O) groups excluding carboxylic acids is 1. The fraction of sp³-hybridized carbons (Fsp3) is 0.500. The number of amides is 1. The van der Waals surface area contributed by atoms with Crippen molar-refractivity contribution < 1.29 is 4.79 Å². The molecule has 1 saturated heterocycles. The van der Waals surface area contributed by atoms with Gasteiger partial charge in [0.15, 0.2) is 0 Å². The molecule has 98 valence electrons. The van der Waals surface area contributed by atoms with E-state index in [4.69, 9.17) is 0 Å². The van der Waals surface area contributed by atoms with Crippen LogP contribution in [0.1, 0.15) is 22.3 Å². The first-order valence-corrected chi connectivity index (χ1v) is 7.40. The summed E-state index contributed by atoms with van der Waals surface area (Å²) in [6.45, 7) is 5.80. The molecule has 1 fully saturated rings. The minimum atomic E-state index is 0.179. The molecule has 3 nitrogen and oxygen atoms in total. The molecular weight excluding hydrogens is 339 g/mol. The Morgan fingerprint density at radius 1 is 1.22 bits per heavy atom. The number of likely N-dealkylation sites (N-methyl/N-ethyl adjacent to an activating group) is 1. The summed E-state index contributed by atoms with van der Waals surface area (Å²) in [5.74, 6) is 0.179. The van der Waals surface area contributed by atoms with E-state index in [0.29, 0.717) is 0 Å². The number of halogens is 1. The molecule has 4 heteroatoms. The molecule has 0 radical (unpaired) electrons. The highest BCUT2D eigenvalue weighted by Gasteiger charge is 2.20. The van der Waals surface area contributed by atoms with Crippen LogP contribution in [0.2, 0.25) is 0 Å². The van der Waals surface area contributed by atoms with Gasteiger partial charge in [0.25, 0.3) is 5.91 Å². The van der Waals surface area contributed by atoms with Crippen molar-refractivity contribution in [2.24, 2.45) is 0 Å². The highest BCUT2D eigenvalue weighted by molar-refractivity contribution is 14.1. The molecule has 1 heterocycles. The molecule has 0 saturated carbocycles. The molecular formula is C14H19IN2O. The first-order valence-electron chi connectivity index (χ1n) is 6.32. The zero-order valence-corrected chi connectivity index (χ0v) is 13.1. The van der Waals surface area contributed by atoms with E-state index in [1.807, 2.05) is 17.0 Å². The van der Waals surface area contributed by atoms with E-state index >= 15 is 0 Å². The van der Waals surface area contributed by atoms with Crippen molar-refractivity contribution in [3.8, 4) is 0 Å². The first-order chi connectivity index (χ1) is 8.59. The Balaban J connectivity index is 2.18. The predicted molar refractivity (Wildman–Crippen MR) is 81.9 cm³/mol. The lowest BCUT2D eigenvalue weighted by Gasteiger charge is -2.21. The Morgan fingerprint density at radius 2 is 2.00 bits per heavy atom. The van der Waals surface area contributed by atoms with Gasteiger partial charge in [-0.05, 0) is 61.2 Å². The third kappa shape index (κ3) is 3.03. The minimum absolute atomic E-state index is 0.179. The first kappa shape index (κ1) is 13.8. The lowest BCUT2D eigenvalue weighted by atomic mass is 10.1. The summed E-state index contributed by atoms with van der Waals surface area (Å²) in [6, 6.07) is 5.95. The van der Waals surface area contributed by atoms with Crippen LogP contribution in [-0.2, 0) is 0 Å². The van der Waals surface area contributed by atoms with Crippen LogP contribution in [0.5, 0.6) is 0 Å². The van der Waals surface area contributed by atoms with Gasteiger partial charge in [0, 0.05) is 23.2 Å². The maximum absolute atomic E-state index is 12.5. The third-order valence-corrected chi connectivity index (χ3v) is 4.86. The number of hydrogen-bond donors (Lipinski definition) is 0. The van der Waals surface area contributed by atoms with Crippen molar-refractivity contribution in [3.63, 3.8) is 0 Å². The van der Waals surface area contributed by atoms with Gasteiger partial charge in [0.05, 0.1) is 5.56 Å². The number of carbonyl (C=O) groups is 1. The molecule has 1 aromatic carbocycles. The second-order valence-electron chi connectivity index (χ2n) is 4.89. The molecule has 0 atom stereocenters. The Morgan fingerprint density at radius 3 is 2.78 bits per heavy atom. The average molecular weight is 358 g/mol. The van der Waals surface area contributed by atoms with E-state index < -0.39 is 0 Å². The van der Waals surface area contributed by atoms with Crippen molar-refractivity contribution in [2.45, 2.75) is 13.3 Å². The fourth-order valence-electron chi connectivity index (χ4n) is 2.23. The summed E-state index contributed by atoms with van der Waals surface area (Å²) >= 11 is 2.27. The van der Waals surface area contributed by atoms with Crippen LogP contribution in [0, 0.1) is 10.5 Å². The molecule has 0 bridgehead atoms. The van der Waals surface area contributed by atoms with Crippen LogP contribution < -0.4 is 0 Å². The standard InChI is InChI=1S/C14H19IN2O/c1-11-5-3-6-12(13(11)15)14(18)17-8-4-7-16(2)9-10-17/h3,5-6H,4,7-10H2,1-2H3. The van der Waals surface area contributed by atoms with Gasteiger partial charge in [-0.2, -0.15) is 0 Å². The summed E-state index contributed by atoms with van der Waals surface area (Å²) in [4.78, 5) is 16.8. The highest BCUT2D eigenvalue weighted by atomic mass is 127. The molecule has 1 amide bonds. The van der Waals surface area contributed by atoms with Gasteiger partial charge in [0.2, 0.25) is 0 Å². The molecule has 1 aliphatic heterocycles. The van der Waals surface area contributed by atoms with E-state index in [1.54, 1.807) is 0 Å². The Labute approximate surface area is 122 Å². The van der Waals surface area contributed by atoms with E-state index in [0.717, 1.165) is 41.7 Å². The van der Waals surface area contributed by atoms with Gasteiger partial charge in [-0.3, -0.25) is 4.79 Å². The van der Waals surface area contributed by atoms with Crippen molar-refractivity contribution in [3.05, 3.63) is 32.9 Å². The predicted octanol–water partition coefficient (Wildman–Crippen LogP) is 2.38. The minimum Gasteiger partial charge on any atom is -0.337 e. The average Bonchev–Trinajstić information content (AvgIpc) is 2.57. The number of rotatable bonds is 1. The summed E-state index contributed by atoms with van der Waals surface area (Å²) < 4.78 is 1.08. The van der Waals surface area contributed by atoms with Crippen LogP contribution in [0.15, 0.2) is 18.2 Å². The van der Waals surface area contributed by atoms with Gasteiger partial charge in [-0.15, -0.1) is 0 Å². The maximum atomic E-state index is 12.5. The zero-order valence-electron chi connectivity index (χ0n) is 10.9. The normalized spacial score (nSPS) is 17.6. The van der Waals surface area contributed by atoms with Crippen molar-refractivity contribution in [1.29, 1.82) is 0 Å². The van der Waals surface area contributed by atoms with E-state index in [1.165, 1.54) is 5.56 Å². The largest absolute Gasteiger partial charge is 0.337 e. The van der Waals surface area contributed by atoms with E-state index in [-0.39, 0.29) is 5.91 Å². The van der Waals surface area contributed by atoms with Crippen LogP contribution >= 0.6 is 22.6 Å². The molecule has 0 N–H and O–H groups in total. The van der Waals surface area contributed by atoms with Crippen LogP contribution in [0.25, 0.3) is 0 Å². The van der Waals surface area contributed by atoms with Gasteiger partial charge in [0.1, 0.15) is 0 Å². The second-order valence-corrected chi connectivity index (χ2v) is 5.96. The molecule has 1 aliphatic rings. The van der Waals surface area contributed by atoms with Crippen LogP contribution in [-0.4, -0.2) is 48.9 Å². The van der Waals surface area contributed by atoms with Crippen molar-refractivity contribution >= 4 is 28.5 Å². The molecule has 1 aromatic rings. The number of benzene rings is 1. The van der Waals surface area contributed by atoms with Crippen LogP contribution in [0.4, 0.5) is 0 Å². The number of aryl methyl sites for hydroxylation is 1. The number of nitrogens with zero attached hydrogens (tertiary/aromatic N) is 2. The zero-order chi connectivity index (χ0) is 13.1. The second kappa shape index (κ2) is 6.02. The van der Waals surface area contributed by atoms with Gasteiger partial charge >= 0.3 is 0 Å². The number of hydrogen-bond acceptors (Lipinski definition) is 2. The topological polar surface area (TPSA) is 23.6 Å². The monoisotopic (exact) mass is 358 g/mol. The lowest BCUT2D eigenvalue weighted by Crippen LogP contribution is -2.35.